The highest BCUT2D eigenvalue weighted by Gasteiger charge is 2.26. The van der Waals surface area contributed by atoms with Gasteiger partial charge in [-0.1, -0.05) is 60.7 Å². The van der Waals surface area contributed by atoms with Gasteiger partial charge in [-0.15, -0.1) is 0 Å². The van der Waals surface area contributed by atoms with Crippen molar-refractivity contribution in [1.82, 2.24) is 9.73 Å². The molecule has 0 aliphatic rings. The molecule has 1 N–H and O–H groups in total. The van der Waals surface area contributed by atoms with Crippen LogP contribution in [0.25, 0.3) is 0 Å². The van der Waals surface area contributed by atoms with Crippen molar-refractivity contribution < 1.29 is 13.2 Å². The fraction of sp³-hybridized carbons (Fsp3) is 0.200. The van der Waals surface area contributed by atoms with Crippen LogP contribution in [0.5, 0.6) is 0 Å². The number of rotatable bonds is 10. The summed E-state index contributed by atoms with van der Waals surface area (Å²) in [5.74, 6) is -0.510. The topological polar surface area (TPSA) is 82.1 Å². The second-order valence-electron chi connectivity index (χ2n) is 7.67. The molecular formula is C25H28N4O3S. The Morgan fingerprint density at radius 3 is 2.12 bits per heavy atom. The van der Waals surface area contributed by atoms with Crippen LogP contribution in [0.2, 0.25) is 0 Å². The maximum Gasteiger partial charge on any atom is 0.255 e. The molecule has 33 heavy (non-hydrogen) atoms. The Morgan fingerprint density at radius 1 is 0.909 bits per heavy atom. The summed E-state index contributed by atoms with van der Waals surface area (Å²) < 4.78 is 27.5. The zero-order valence-corrected chi connectivity index (χ0v) is 19.6. The van der Waals surface area contributed by atoms with Gasteiger partial charge in [-0.3, -0.25) is 4.79 Å². The first-order valence-corrected chi connectivity index (χ1v) is 12.0. The first-order chi connectivity index (χ1) is 15.9. The molecule has 3 rings (SSSR count). The molecule has 3 aromatic carbocycles. The maximum atomic E-state index is 13.2. The average Bonchev–Trinajstić information content (AvgIpc) is 2.83. The van der Waals surface area contributed by atoms with E-state index in [0.717, 1.165) is 16.8 Å². The number of nitrogens with zero attached hydrogens (tertiary/aromatic N) is 3. The molecule has 0 aromatic heterocycles. The highest BCUT2D eigenvalue weighted by molar-refractivity contribution is 7.89. The highest BCUT2D eigenvalue weighted by Crippen LogP contribution is 2.16. The van der Waals surface area contributed by atoms with Crippen LogP contribution in [-0.2, 0) is 21.2 Å². The summed E-state index contributed by atoms with van der Waals surface area (Å²) in [7, 11) is 0.0690. The molecule has 0 radical (unpaired) electrons. The van der Waals surface area contributed by atoms with Crippen LogP contribution < -0.4 is 10.3 Å². The predicted molar refractivity (Wildman–Crippen MR) is 132 cm³/mol. The Labute approximate surface area is 195 Å². The van der Waals surface area contributed by atoms with E-state index in [1.165, 1.54) is 22.7 Å². The van der Waals surface area contributed by atoms with Crippen LogP contribution in [0.4, 0.5) is 5.69 Å². The minimum absolute atomic E-state index is 0.148. The molecule has 0 bridgehead atoms. The summed E-state index contributed by atoms with van der Waals surface area (Å²) in [5, 5.41) is 3.98. The number of hydrogen-bond donors (Lipinski definition) is 1. The summed E-state index contributed by atoms with van der Waals surface area (Å²) in [4.78, 5) is 14.7. The molecule has 0 atom stereocenters. The lowest BCUT2D eigenvalue weighted by atomic mass is 10.1. The van der Waals surface area contributed by atoms with Gasteiger partial charge in [-0.05, 0) is 41.8 Å². The van der Waals surface area contributed by atoms with E-state index in [9.17, 15) is 13.2 Å². The van der Waals surface area contributed by atoms with Gasteiger partial charge in [0, 0.05) is 26.3 Å². The number of amides is 1. The molecule has 0 fully saturated rings. The molecule has 0 spiro atoms. The Bertz CT molecular complexity index is 1160. The molecule has 0 saturated heterocycles. The van der Waals surface area contributed by atoms with Crippen molar-refractivity contribution >= 4 is 27.8 Å². The van der Waals surface area contributed by atoms with Gasteiger partial charge in [0.1, 0.15) is 0 Å². The molecule has 0 heterocycles. The van der Waals surface area contributed by atoms with Gasteiger partial charge in [0.25, 0.3) is 5.91 Å². The third-order valence-electron chi connectivity index (χ3n) is 5.01. The SMILES string of the molecule is CN(C)c1ccc(/C=N/NC(=O)CN(CCc2ccccc2)S(=O)(=O)c2ccccc2)cc1. The average molecular weight is 465 g/mol. The monoisotopic (exact) mass is 464 g/mol. The smallest absolute Gasteiger partial charge is 0.255 e. The van der Waals surface area contributed by atoms with E-state index in [-0.39, 0.29) is 18.0 Å². The van der Waals surface area contributed by atoms with E-state index in [4.69, 9.17) is 0 Å². The van der Waals surface area contributed by atoms with Crippen molar-refractivity contribution in [3.8, 4) is 0 Å². The molecule has 172 valence electrons. The first kappa shape index (κ1) is 24.2. The number of hydrogen-bond acceptors (Lipinski definition) is 5. The summed E-state index contributed by atoms with van der Waals surface area (Å²) in [5.41, 5.74) is 5.30. The minimum Gasteiger partial charge on any atom is -0.378 e. The van der Waals surface area contributed by atoms with Gasteiger partial charge in [-0.25, -0.2) is 13.8 Å². The molecular weight excluding hydrogens is 436 g/mol. The minimum atomic E-state index is -3.84. The van der Waals surface area contributed by atoms with Crippen molar-refractivity contribution in [1.29, 1.82) is 0 Å². The van der Waals surface area contributed by atoms with E-state index in [2.05, 4.69) is 10.5 Å². The maximum absolute atomic E-state index is 13.2. The van der Waals surface area contributed by atoms with Gasteiger partial charge in [0.2, 0.25) is 10.0 Å². The number of benzene rings is 3. The summed E-state index contributed by atoms with van der Waals surface area (Å²) in [6.07, 6.45) is 2.01. The van der Waals surface area contributed by atoms with Crippen molar-refractivity contribution in [2.45, 2.75) is 11.3 Å². The second kappa shape index (κ2) is 11.4. The Balaban J connectivity index is 1.68. The zero-order chi connectivity index (χ0) is 23.7. The first-order valence-electron chi connectivity index (χ1n) is 10.5. The fourth-order valence-electron chi connectivity index (χ4n) is 3.16. The van der Waals surface area contributed by atoms with Crippen molar-refractivity contribution in [2.24, 2.45) is 5.10 Å². The molecule has 1 amide bonds. The lowest BCUT2D eigenvalue weighted by Gasteiger charge is -2.21. The van der Waals surface area contributed by atoms with Crippen molar-refractivity contribution in [2.75, 3.05) is 32.1 Å². The van der Waals surface area contributed by atoms with E-state index in [1.807, 2.05) is 73.6 Å². The summed E-state index contributed by atoms with van der Waals surface area (Å²) in [6, 6.07) is 25.4. The molecule has 0 saturated carbocycles. The van der Waals surface area contributed by atoms with E-state index in [0.29, 0.717) is 6.42 Å². The van der Waals surface area contributed by atoms with Crippen LogP contribution in [0.3, 0.4) is 0 Å². The molecule has 7 nitrogen and oxygen atoms in total. The van der Waals surface area contributed by atoms with Gasteiger partial charge in [0.05, 0.1) is 17.7 Å². The van der Waals surface area contributed by atoms with E-state index < -0.39 is 15.9 Å². The standard InChI is InChI=1S/C25H28N4O3S/c1-28(2)23-15-13-22(14-16-23)19-26-27-25(30)20-29(18-17-21-9-5-3-6-10-21)33(31,32)24-11-7-4-8-12-24/h3-16,19H,17-18,20H2,1-2H3,(H,27,30)/b26-19+. The third-order valence-corrected chi connectivity index (χ3v) is 6.87. The number of sulfonamides is 1. The lowest BCUT2D eigenvalue weighted by molar-refractivity contribution is -0.121. The van der Waals surface area contributed by atoms with Crippen LogP contribution in [0.15, 0.2) is 94.9 Å². The van der Waals surface area contributed by atoms with E-state index in [1.54, 1.807) is 18.2 Å². The Hall–Kier alpha value is -3.49. The molecule has 3 aromatic rings. The largest absolute Gasteiger partial charge is 0.378 e. The van der Waals surface area contributed by atoms with Gasteiger partial charge >= 0.3 is 0 Å². The van der Waals surface area contributed by atoms with Crippen LogP contribution in [-0.4, -0.2) is 52.0 Å². The molecule has 0 unspecified atom stereocenters. The predicted octanol–water partition coefficient (Wildman–Crippen LogP) is 3.14. The van der Waals surface area contributed by atoms with Gasteiger partial charge < -0.3 is 4.90 Å². The Morgan fingerprint density at radius 2 is 1.52 bits per heavy atom. The van der Waals surface area contributed by atoms with Crippen LogP contribution in [0, 0.1) is 0 Å². The molecule has 0 aliphatic heterocycles. The van der Waals surface area contributed by atoms with Crippen molar-refractivity contribution in [3.63, 3.8) is 0 Å². The lowest BCUT2D eigenvalue weighted by Crippen LogP contribution is -2.40. The number of anilines is 1. The van der Waals surface area contributed by atoms with Crippen molar-refractivity contribution in [3.05, 3.63) is 96.1 Å². The van der Waals surface area contributed by atoms with Crippen LogP contribution in [0.1, 0.15) is 11.1 Å². The second-order valence-corrected chi connectivity index (χ2v) is 9.60. The molecule has 0 aliphatic carbocycles. The fourth-order valence-corrected chi connectivity index (χ4v) is 4.58. The third kappa shape index (κ3) is 7.00. The number of hydrazone groups is 1. The van der Waals surface area contributed by atoms with Gasteiger partial charge in [-0.2, -0.15) is 9.41 Å². The number of carbonyl (C=O) groups excluding carboxylic acids is 1. The van der Waals surface area contributed by atoms with Gasteiger partial charge in [0.15, 0.2) is 0 Å². The quantitative estimate of drug-likeness (QED) is 0.369. The zero-order valence-electron chi connectivity index (χ0n) is 18.8. The molecule has 8 heteroatoms. The van der Waals surface area contributed by atoms with E-state index >= 15 is 0 Å². The normalized spacial score (nSPS) is 11.6. The summed E-state index contributed by atoms with van der Waals surface area (Å²) >= 11 is 0. The summed E-state index contributed by atoms with van der Waals surface area (Å²) in [6.45, 7) is -0.161. The number of nitrogens with one attached hydrogen (secondary N) is 1. The Kier molecular flexibility index (Phi) is 8.34. The van der Waals surface area contributed by atoms with Crippen LogP contribution >= 0.6 is 0 Å². The number of carbonyl (C=O) groups is 1. The highest BCUT2D eigenvalue weighted by atomic mass is 32.2.